The molecule has 4 N–H and O–H groups in total. The standard InChI is InChI=1S/C34H47NO12/c1-7-35-15-30(16-42-3)19(37)13-20(43-4)33-23(30)22(44-5)21(25(33)35)34(47-17(2)36)24-27(46-29(39)18-11-9-8-10-12-18)31(40,14-32(24,33)41)28(45-6)26(34)38/h8-12,19-28,37-38,40-41H,7,13-16H2,1-6H3/t19-,20+,21+,22+,23-,24+,25+,26+,27-,28+,30+,31-,32+,33-,34+/m1/s1. The van der Waals surface area contributed by atoms with Gasteiger partial charge in [0.1, 0.15) is 23.9 Å². The van der Waals surface area contributed by atoms with E-state index in [0.717, 1.165) is 0 Å². The van der Waals surface area contributed by atoms with Crippen molar-refractivity contribution in [3.63, 3.8) is 0 Å². The van der Waals surface area contributed by atoms with Crippen LogP contribution in [0.3, 0.4) is 0 Å². The van der Waals surface area contributed by atoms with Crippen molar-refractivity contribution in [3.8, 4) is 0 Å². The van der Waals surface area contributed by atoms with E-state index in [2.05, 4.69) is 4.90 Å². The summed E-state index contributed by atoms with van der Waals surface area (Å²) in [6, 6.07) is 7.64. The number of aliphatic hydroxyl groups is 4. The summed E-state index contributed by atoms with van der Waals surface area (Å²) in [6.07, 6.45) is -7.38. The highest BCUT2D eigenvalue weighted by Gasteiger charge is 2.96. The number of esters is 2. The number of carbonyl (C=O) groups excluding carboxylic acids is 2. The number of aliphatic hydroxyl groups excluding tert-OH is 2. The Morgan fingerprint density at radius 2 is 1.68 bits per heavy atom. The zero-order valence-electron chi connectivity index (χ0n) is 27.7. The molecule has 0 unspecified atom stereocenters. The van der Waals surface area contributed by atoms with Crippen LogP contribution in [0.25, 0.3) is 0 Å². The summed E-state index contributed by atoms with van der Waals surface area (Å²) in [7, 11) is 5.94. The molecule has 5 aliphatic carbocycles. The van der Waals surface area contributed by atoms with Gasteiger partial charge in [0.05, 0.1) is 42.0 Å². The Bertz CT molecular complexity index is 1410. The van der Waals surface area contributed by atoms with E-state index in [-0.39, 0.29) is 18.6 Å². The van der Waals surface area contributed by atoms with E-state index in [1.165, 1.54) is 28.3 Å². The average Bonchev–Trinajstić information content (AvgIpc) is 3.39. The lowest BCUT2D eigenvalue weighted by Crippen LogP contribution is -2.85. The number of carbonyl (C=O) groups is 2. The molecule has 1 aromatic carbocycles. The normalized spacial score (nSPS) is 50.7. The van der Waals surface area contributed by atoms with Gasteiger partial charge in [-0.2, -0.15) is 0 Å². The highest BCUT2D eigenvalue weighted by molar-refractivity contribution is 5.89. The van der Waals surface area contributed by atoms with Crippen molar-refractivity contribution >= 4 is 11.9 Å². The number of ether oxygens (including phenoxy) is 6. The van der Waals surface area contributed by atoms with E-state index in [1.54, 1.807) is 37.4 Å². The average molecular weight is 662 g/mol. The summed E-state index contributed by atoms with van der Waals surface area (Å²) in [5.74, 6) is -4.34. The molecular weight excluding hydrogens is 614 g/mol. The first-order valence-electron chi connectivity index (χ1n) is 16.4. The van der Waals surface area contributed by atoms with Gasteiger partial charge in [0.15, 0.2) is 5.60 Å². The number of hydrogen-bond acceptors (Lipinski definition) is 13. The summed E-state index contributed by atoms with van der Waals surface area (Å²) in [6.45, 7) is 4.15. The summed E-state index contributed by atoms with van der Waals surface area (Å²) in [4.78, 5) is 29.2. The second-order valence-corrected chi connectivity index (χ2v) is 14.6. The summed E-state index contributed by atoms with van der Waals surface area (Å²) >= 11 is 0. The SMILES string of the molecule is CCN1C[C@]2(COC)[C@H](O)C[C@H](OC)[C@]34[C@@H]1[C@H]([C@H](OC)[C@H]23)[C@]1(OC(C)=O)[C@H]2[C@@H](OC(=O)c3ccccc3)[C@](O)(C[C@]24O)[C@@H](OC)[C@@H]1O. The second-order valence-electron chi connectivity index (χ2n) is 14.6. The molecule has 6 aliphatic rings. The molecule has 0 radical (unpaired) electrons. The number of piperidine rings is 1. The van der Waals surface area contributed by atoms with E-state index in [9.17, 15) is 30.0 Å². The summed E-state index contributed by atoms with van der Waals surface area (Å²) in [5.41, 5.74) is -8.15. The smallest absolute Gasteiger partial charge is 0.338 e. The molecule has 13 nitrogen and oxygen atoms in total. The molecule has 7 bridgehead atoms. The van der Waals surface area contributed by atoms with Gasteiger partial charge < -0.3 is 48.8 Å². The molecule has 1 saturated heterocycles. The molecule has 260 valence electrons. The second kappa shape index (κ2) is 10.9. The zero-order valence-corrected chi connectivity index (χ0v) is 27.7. The fraction of sp³-hybridized carbons (Fsp3) is 0.765. The minimum atomic E-state index is -2.12. The van der Waals surface area contributed by atoms with Gasteiger partial charge in [0.25, 0.3) is 0 Å². The quantitative estimate of drug-likeness (QED) is 0.256. The van der Waals surface area contributed by atoms with Crippen LogP contribution < -0.4 is 0 Å². The van der Waals surface area contributed by atoms with Crippen molar-refractivity contribution in [1.82, 2.24) is 4.90 Å². The Balaban J connectivity index is 1.57. The number of hydrogen-bond donors (Lipinski definition) is 4. The highest BCUT2D eigenvalue weighted by atomic mass is 16.6. The Kier molecular flexibility index (Phi) is 7.72. The van der Waals surface area contributed by atoms with Crippen molar-refractivity contribution in [2.75, 3.05) is 48.1 Å². The topological polar surface area (TPSA) is 174 Å². The maximum Gasteiger partial charge on any atom is 0.338 e. The minimum absolute atomic E-state index is 0.119. The van der Waals surface area contributed by atoms with Gasteiger partial charge in [-0.05, 0) is 18.7 Å². The third-order valence-corrected chi connectivity index (χ3v) is 13.2. The number of fused-ring (bicyclic) bond motifs is 2. The van der Waals surface area contributed by atoms with E-state index >= 15 is 0 Å². The van der Waals surface area contributed by atoms with E-state index in [1.807, 2.05) is 6.92 Å². The number of likely N-dealkylation sites (tertiary alicyclic amines) is 1. The fourth-order valence-electron chi connectivity index (χ4n) is 12.3. The molecule has 13 heteroatoms. The third kappa shape index (κ3) is 3.65. The van der Waals surface area contributed by atoms with Gasteiger partial charge in [-0.25, -0.2) is 4.79 Å². The van der Waals surface area contributed by atoms with Crippen LogP contribution >= 0.6 is 0 Å². The first kappa shape index (κ1) is 33.3. The van der Waals surface area contributed by atoms with Crippen LogP contribution in [0.15, 0.2) is 30.3 Å². The Morgan fingerprint density at radius 1 is 0.979 bits per heavy atom. The highest BCUT2D eigenvalue weighted by Crippen LogP contribution is 2.81. The van der Waals surface area contributed by atoms with Gasteiger partial charge in [-0.3, -0.25) is 9.69 Å². The Labute approximate surface area is 274 Å². The van der Waals surface area contributed by atoms with Crippen molar-refractivity contribution in [1.29, 1.82) is 0 Å². The molecule has 7 rings (SSSR count). The molecule has 0 amide bonds. The van der Waals surface area contributed by atoms with Crippen LogP contribution in [0.5, 0.6) is 0 Å². The van der Waals surface area contributed by atoms with Gasteiger partial charge >= 0.3 is 11.9 Å². The molecular formula is C34H47NO12. The largest absolute Gasteiger partial charge is 0.455 e. The van der Waals surface area contributed by atoms with Gasteiger partial charge in [0, 0.05) is 83.5 Å². The molecule has 1 aliphatic heterocycles. The number of benzene rings is 1. The molecule has 47 heavy (non-hydrogen) atoms. The molecule has 1 spiro atoms. The molecule has 15 atom stereocenters. The monoisotopic (exact) mass is 661 g/mol. The van der Waals surface area contributed by atoms with Crippen LogP contribution in [-0.4, -0.2) is 145 Å². The summed E-state index contributed by atoms with van der Waals surface area (Å²) in [5, 5.41) is 51.1. The molecule has 6 fully saturated rings. The predicted molar refractivity (Wildman–Crippen MR) is 162 cm³/mol. The van der Waals surface area contributed by atoms with Crippen molar-refractivity contribution in [2.45, 2.75) is 86.2 Å². The van der Waals surface area contributed by atoms with Crippen LogP contribution in [-0.2, 0) is 33.2 Å². The summed E-state index contributed by atoms with van der Waals surface area (Å²) < 4.78 is 36.9. The van der Waals surface area contributed by atoms with Crippen LogP contribution in [0.2, 0.25) is 0 Å². The zero-order chi connectivity index (χ0) is 33.9. The van der Waals surface area contributed by atoms with Crippen molar-refractivity contribution in [3.05, 3.63) is 35.9 Å². The molecule has 1 aromatic rings. The van der Waals surface area contributed by atoms with Crippen LogP contribution in [0.4, 0.5) is 0 Å². The van der Waals surface area contributed by atoms with Crippen LogP contribution in [0.1, 0.15) is 37.0 Å². The third-order valence-electron chi connectivity index (χ3n) is 13.2. The number of rotatable bonds is 9. The molecule has 1 heterocycles. The Morgan fingerprint density at radius 3 is 2.26 bits per heavy atom. The van der Waals surface area contributed by atoms with Crippen LogP contribution in [0, 0.1) is 28.6 Å². The van der Waals surface area contributed by atoms with Gasteiger partial charge in [0.2, 0.25) is 0 Å². The maximum absolute atomic E-state index is 13.8. The van der Waals surface area contributed by atoms with Gasteiger partial charge in [-0.15, -0.1) is 0 Å². The minimum Gasteiger partial charge on any atom is -0.455 e. The van der Waals surface area contributed by atoms with Crippen molar-refractivity contribution in [2.24, 2.45) is 28.6 Å². The lowest BCUT2D eigenvalue weighted by molar-refractivity contribution is -0.355. The fourth-order valence-corrected chi connectivity index (χ4v) is 12.3. The van der Waals surface area contributed by atoms with E-state index in [4.69, 9.17) is 28.4 Å². The van der Waals surface area contributed by atoms with Gasteiger partial charge in [-0.1, -0.05) is 25.1 Å². The number of nitrogens with zero attached hydrogens (tertiary/aromatic N) is 1. The predicted octanol–water partition coefficient (Wildman–Crippen LogP) is -0.237. The Hall–Kier alpha value is -2.20. The van der Waals surface area contributed by atoms with E-state index < -0.39 is 106 Å². The molecule has 0 aromatic heterocycles. The first-order valence-corrected chi connectivity index (χ1v) is 16.4. The molecule has 5 saturated carbocycles. The maximum atomic E-state index is 13.8. The van der Waals surface area contributed by atoms with Crippen molar-refractivity contribution < 1.29 is 58.4 Å². The number of methoxy groups -OCH3 is 4. The lowest BCUT2D eigenvalue weighted by atomic mass is 9.40. The first-order chi connectivity index (χ1) is 22.3. The van der Waals surface area contributed by atoms with E-state index in [0.29, 0.717) is 13.1 Å². The lowest BCUT2D eigenvalue weighted by Gasteiger charge is -2.72.